The number of thiocarbonyl (C=S) groups is 1. The molecule has 0 spiro atoms. The number of anilines is 1. The van der Waals surface area contributed by atoms with Gasteiger partial charge in [0.2, 0.25) is 0 Å². The molecule has 0 radical (unpaired) electrons. The fraction of sp³-hybridized carbons (Fsp3) is 0.462. The monoisotopic (exact) mass is 250 g/mol. The Morgan fingerprint density at radius 1 is 1.41 bits per heavy atom. The van der Waals surface area contributed by atoms with Gasteiger partial charge in [-0.25, -0.2) is 0 Å². The SMILES string of the molecule is Cc1cc(N2CCC(O)CC2)ccc1C(N)=S. The van der Waals surface area contributed by atoms with Crippen LogP contribution in [0.15, 0.2) is 18.2 Å². The van der Waals surface area contributed by atoms with E-state index in [4.69, 9.17) is 18.0 Å². The molecule has 1 aliphatic heterocycles. The first-order valence-corrected chi connectivity index (χ1v) is 6.32. The number of nitrogens with two attached hydrogens (primary N) is 1. The zero-order valence-electron chi connectivity index (χ0n) is 10.0. The molecule has 0 bridgehead atoms. The summed E-state index contributed by atoms with van der Waals surface area (Å²) in [5.41, 5.74) is 8.89. The summed E-state index contributed by atoms with van der Waals surface area (Å²) < 4.78 is 0. The highest BCUT2D eigenvalue weighted by Crippen LogP contribution is 2.22. The molecule has 3 N–H and O–H groups in total. The van der Waals surface area contributed by atoms with Gasteiger partial charge in [-0.05, 0) is 43.5 Å². The van der Waals surface area contributed by atoms with Crippen LogP contribution in [0.4, 0.5) is 5.69 Å². The number of piperidine rings is 1. The summed E-state index contributed by atoms with van der Waals surface area (Å²) in [4.78, 5) is 2.74. The summed E-state index contributed by atoms with van der Waals surface area (Å²) in [6.45, 7) is 3.84. The molecule has 1 aromatic rings. The minimum Gasteiger partial charge on any atom is -0.393 e. The van der Waals surface area contributed by atoms with Crippen molar-refractivity contribution in [2.45, 2.75) is 25.9 Å². The Labute approximate surface area is 107 Å². The molecule has 0 amide bonds. The zero-order valence-corrected chi connectivity index (χ0v) is 10.8. The van der Waals surface area contributed by atoms with Crippen LogP contribution in [-0.2, 0) is 0 Å². The highest BCUT2D eigenvalue weighted by atomic mass is 32.1. The third-order valence-electron chi connectivity index (χ3n) is 3.31. The van der Waals surface area contributed by atoms with Crippen molar-refractivity contribution in [2.75, 3.05) is 18.0 Å². The lowest BCUT2D eigenvalue weighted by Gasteiger charge is -2.31. The molecule has 1 aliphatic rings. The number of aliphatic hydroxyl groups excluding tert-OH is 1. The number of nitrogens with zero attached hydrogens (tertiary/aromatic N) is 1. The van der Waals surface area contributed by atoms with Crippen LogP contribution in [0.2, 0.25) is 0 Å². The Morgan fingerprint density at radius 2 is 2.06 bits per heavy atom. The number of hydrogen-bond acceptors (Lipinski definition) is 3. The van der Waals surface area contributed by atoms with Gasteiger partial charge in [0.05, 0.1) is 6.10 Å². The number of aliphatic hydroxyl groups is 1. The third kappa shape index (κ3) is 2.76. The van der Waals surface area contributed by atoms with Crippen molar-refractivity contribution in [3.63, 3.8) is 0 Å². The lowest BCUT2D eigenvalue weighted by molar-refractivity contribution is 0.145. The predicted octanol–water partition coefficient (Wildman–Crippen LogP) is 1.59. The molecular weight excluding hydrogens is 232 g/mol. The van der Waals surface area contributed by atoms with Crippen LogP contribution in [0.1, 0.15) is 24.0 Å². The van der Waals surface area contributed by atoms with Crippen LogP contribution in [0.3, 0.4) is 0 Å². The lowest BCUT2D eigenvalue weighted by Crippen LogP contribution is -2.35. The van der Waals surface area contributed by atoms with Gasteiger partial charge in [0, 0.05) is 24.3 Å². The molecule has 1 saturated heterocycles. The van der Waals surface area contributed by atoms with Gasteiger partial charge in [0.15, 0.2) is 0 Å². The minimum absolute atomic E-state index is 0.136. The quantitative estimate of drug-likeness (QED) is 0.783. The molecule has 0 saturated carbocycles. The second kappa shape index (κ2) is 5.02. The smallest absolute Gasteiger partial charge is 0.104 e. The van der Waals surface area contributed by atoms with Gasteiger partial charge in [-0.2, -0.15) is 0 Å². The average molecular weight is 250 g/mol. The maximum atomic E-state index is 9.49. The molecule has 1 aromatic carbocycles. The van der Waals surface area contributed by atoms with Crippen molar-refractivity contribution in [3.8, 4) is 0 Å². The highest BCUT2D eigenvalue weighted by molar-refractivity contribution is 7.80. The number of hydrogen-bond donors (Lipinski definition) is 2. The maximum absolute atomic E-state index is 9.49. The van der Waals surface area contributed by atoms with Crippen molar-refractivity contribution in [3.05, 3.63) is 29.3 Å². The molecule has 0 aromatic heterocycles. The van der Waals surface area contributed by atoms with E-state index < -0.39 is 0 Å². The van der Waals surface area contributed by atoms with E-state index in [0.29, 0.717) is 4.99 Å². The summed E-state index contributed by atoms with van der Waals surface area (Å²) in [5.74, 6) is 0. The Kier molecular flexibility index (Phi) is 3.64. The normalized spacial score (nSPS) is 17.2. The van der Waals surface area contributed by atoms with Gasteiger partial charge in [-0.1, -0.05) is 12.2 Å². The average Bonchev–Trinajstić information content (AvgIpc) is 2.29. The van der Waals surface area contributed by atoms with Crippen LogP contribution in [-0.4, -0.2) is 29.3 Å². The van der Waals surface area contributed by atoms with Crippen LogP contribution in [0, 0.1) is 6.92 Å². The second-order valence-corrected chi connectivity index (χ2v) is 5.02. The van der Waals surface area contributed by atoms with Gasteiger partial charge < -0.3 is 15.7 Å². The molecule has 2 rings (SSSR count). The van der Waals surface area contributed by atoms with Gasteiger partial charge in [0.25, 0.3) is 0 Å². The predicted molar refractivity (Wildman–Crippen MR) is 74.5 cm³/mol. The van der Waals surface area contributed by atoms with Crippen molar-refractivity contribution < 1.29 is 5.11 Å². The Bertz CT molecular complexity index is 425. The number of benzene rings is 1. The largest absolute Gasteiger partial charge is 0.393 e. The van der Waals surface area contributed by atoms with Crippen molar-refractivity contribution in [1.82, 2.24) is 0 Å². The van der Waals surface area contributed by atoms with Crippen LogP contribution in [0.5, 0.6) is 0 Å². The van der Waals surface area contributed by atoms with Crippen LogP contribution < -0.4 is 10.6 Å². The van der Waals surface area contributed by atoms with Crippen LogP contribution >= 0.6 is 12.2 Å². The van der Waals surface area contributed by atoms with E-state index >= 15 is 0 Å². The summed E-state index contributed by atoms with van der Waals surface area (Å²) in [7, 11) is 0. The summed E-state index contributed by atoms with van der Waals surface area (Å²) in [6.07, 6.45) is 1.55. The fourth-order valence-electron chi connectivity index (χ4n) is 2.25. The second-order valence-electron chi connectivity index (χ2n) is 4.58. The zero-order chi connectivity index (χ0) is 12.4. The molecule has 1 heterocycles. The molecule has 1 fully saturated rings. The third-order valence-corrected chi connectivity index (χ3v) is 3.52. The summed E-state index contributed by atoms with van der Waals surface area (Å²) in [5, 5.41) is 9.49. The Morgan fingerprint density at radius 3 is 2.59 bits per heavy atom. The fourth-order valence-corrected chi connectivity index (χ4v) is 2.47. The van der Waals surface area contributed by atoms with Crippen LogP contribution in [0.25, 0.3) is 0 Å². The topological polar surface area (TPSA) is 49.5 Å². The number of aryl methyl sites for hydroxylation is 1. The minimum atomic E-state index is -0.136. The van der Waals surface area contributed by atoms with E-state index in [1.165, 1.54) is 5.69 Å². The van der Waals surface area contributed by atoms with Crippen molar-refractivity contribution in [2.24, 2.45) is 5.73 Å². The molecular formula is C13H18N2OS. The summed E-state index contributed by atoms with van der Waals surface area (Å²) >= 11 is 5.00. The van der Waals surface area contributed by atoms with E-state index in [1.54, 1.807) is 0 Å². The molecule has 4 heteroatoms. The molecule has 3 nitrogen and oxygen atoms in total. The molecule has 0 aliphatic carbocycles. The molecule has 17 heavy (non-hydrogen) atoms. The molecule has 0 unspecified atom stereocenters. The standard InChI is InChI=1S/C13H18N2OS/c1-9-8-10(2-3-12(9)13(14)17)15-6-4-11(16)5-7-15/h2-3,8,11,16H,4-7H2,1H3,(H2,14,17). The highest BCUT2D eigenvalue weighted by Gasteiger charge is 2.17. The van der Waals surface area contributed by atoms with Crippen molar-refractivity contribution >= 4 is 22.9 Å². The van der Waals surface area contributed by atoms with E-state index in [1.807, 2.05) is 13.0 Å². The first-order chi connectivity index (χ1) is 8.08. The van der Waals surface area contributed by atoms with Gasteiger partial charge >= 0.3 is 0 Å². The maximum Gasteiger partial charge on any atom is 0.104 e. The summed E-state index contributed by atoms with van der Waals surface area (Å²) in [6, 6.07) is 6.16. The van der Waals surface area contributed by atoms with Gasteiger partial charge in [-0.3, -0.25) is 0 Å². The van der Waals surface area contributed by atoms with E-state index in [2.05, 4.69) is 17.0 Å². The molecule has 92 valence electrons. The van der Waals surface area contributed by atoms with Crippen molar-refractivity contribution in [1.29, 1.82) is 0 Å². The Hall–Kier alpha value is -1.13. The van der Waals surface area contributed by atoms with E-state index in [9.17, 15) is 5.11 Å². The Balaban J connectivity index is 2.17. The van der Waals surface area contributed by atoms with E-state index in [0.717, 1.165) is 37.1 Å². The lowest BCUT2D eigenvalue weighted by atomic mass is 10.0. The first-order valence-electron chi connectivity index (χ1n) is 5.91. The van der Waals surface area contributed by atoms with Gasteiger partial charge in [-0.15, -0.1) is 0 Å². The first kappa shape index (κ1) is 12.3. The van der Waals surface area contributed by atoms with Gasteiger partial charge in [0.1, 0.15) is 4.99 Å². The number of rotatable bonds is 2. The van der Waals surface area contributed by atoms with E-state index in [-0.39, 0.29) is 6.10 Å². The molecule has 0 atom stereocenters.